The van der Waals surface area contributed by atoms with Crippen LogP contribution in [0.4, 0.5) is 18.9 Å². The number of ether oxygens (including phenoxy) is 1. The number of benzene rings is 2. The fourth-order valence-corrected chi connectivity index (χ4v) is 5.37. The molecule has 0 aliphatic carbocycles. The van der Waals surface area contributed by atoms with Crippen molar-refractivity contribution in [1.82, 2.24) is 4.57 Å². The lowest BCUT2D eigenvalue weighted by molar-refractivity contribution is -0.386. The first-order chi connectivity index (χ1) is 17.8. The van der Waals surface area contributed by atoms with Crippen molar-refractivity contribution in [2.75, 3.05) is 6.61 Å². The second-order valence-corrected chi connectivity index (χ2v) is 10.0. The molecule has 2 aromatic carbocycles. The largest absolute Gasteiger partial charge is 0.501 e. The van der Waals surface area contributed by atoms with Gasteiger partial charge in [0.2, 0.25) is 5.75 Å². The fourth-order valence-electron chi connectivity index (χ4n) is 3.78. The van der Waals surface area contributed by atoms with Crippen molar-refractivity contribution in [2.45, 2.75) is 19.1 Å². The molecule has 1 aromatic heterocycles. The number of carbonyl (C=O) groups excluding carboxylic acids is 1. The van der Waals surface area contributed by atoms with Gasteiger partial charge in [0.15, 0.2) is 10.5 Å². The van der Waals surface area contributed by atoms with Gasteiger partial charge in [-0.2, -0.15) is 13.2 Å². The molecule has 0 fully saturated rings. The lowest BCUT2D eigenvalue weighted by Crippen LogP contribution is -2.41. The van der Waals surface area contributed by atoms with Crippen molar-refractivity contribution in [3.05, 3.63) is 98.1 Å². The minimum Gasteiger partial charge on any atom is -0.501 e. The quantitative estimate of drug-likeness (QED) is 0.253. The molecule has 4 rings (SSSR count). The highest BCUT2D eigenvalue weighted by atomic mass is 79.9. The average molecular weight is 633 g/mol. The van der Waals surface area contributed by atoms with Gasteiger partial charge in [0.1, 0.15) is 0 Å². The van der Waals surface area contributed by atoms with Crippen LogP contribution in [0.2, 0.25) is 5.02 Å². The number of thiazole rings is 1. The van der Waals surface area contributed by atoms with E-state index in [1.165, 1.54) is 43.3 Å². The van der Waals surface area contributed by atoms with Gasteiger partial charge in [0.25, 0.3) is 5.56 Å². The van der Waals surface area contributed by atoms with Crippen LogP contribution in [0.3, 0.4) is 0 Å². The van der Waals surface area contributed by atoms with E-state index in [2.05, 4.69) is 20.9 Å². The number of esters is 1. The van der Waals surface area contributed by atoms with Crippen LogP contribution in [0.1, 0.15) is 24.1 Å². The number of phenolic OH excluding ortho intramolecular Hbond substituents is 1. The maximum absolute atomic E-state index is 14.1. The molecule has 38 heavy (non-hydrogen) atoms. The van der Waals surface area contributed by atoms with E-state index in [0.29, 0.717) is 11.3 Å². The lowest BCUT2D eigenvalue weighted by atomic mass is 9.95. The van der Waals surface area contributed by atoms with E-state index in [9.17, 15) is 38.0 Å². The summed E-state index contributed by atoms with van der Waals surface area (Å²) in [6.07, 6.45) is -3.86. The Labute approximate surface area is 228 Å². The number of aromatic nitrogens is 1. The number of aromatic hydroxyl groups is 1. The zero-order chi connectivity index (χ0) is 27.9. The van der Waals surface area contributed by atoms with E-state index < -0.39 is 51.4 Å². The van der Waals surface area contributed by atoms with Crippen LogP contribution >= 0.6 is 38.9 Å². The van der Waals surface area contributed by atoms with Crippen LogP contribution in [-0.2, 0) is 9.53 Å². The maximum Gasteiger partial charge on any atom is 0.434 e. The molecule has 0 amide bonds. The first-order valence-electron chi connectivity index (χ1n) is 10.6. The number of phenols is 1. The third-order valence-corrected chi connectivity index (χ3v) is 7.18. The molecule has 0 radical (unpaired) electrons. The van der Waals surface area contributed by atoms with Crippen LogP contribution < -0.4 is 14.9 Å². The number of rotatable bonds is 5. The van der Waals surface area contributed by atoms with Gasteiger partial charge < -0.3 is 9.84 Å². The number of allylic oxidation sites excluding steroid dienone is 1. The van der Waals surface area contributed by atoms with Crippen LogP contribution in [0, 0.1) is 10.1 Å². The van der Waals surface area contributed by atoms with Crippen molar-refractivity contribution < 1.29 is 32.7 Å². The number of carbonyl (C=O) groups is 1. The summed E-state index contributed by atoms with van der Waals surface area (Å²) in [7, 11) is 0. The minimum atomic E-state index is -5.07. The highest BCUT2D eigenvalue weighted by Gasteiger charge is 2.45. The Balaban J connectivity index is 2.05. The van der Waals surface area contributed by atoms with Crippen molar-refractivity contribution in [2.24, 2.45) is 4.99 Å². The third-order valence-electron chi connectivity index (χ3n) is 5.34. The highest BCUT2D eigenvalue weighted by Crippen LogP contribution is 2.39. The topological polar surface area (TPSA) is 124 Å². The van der Waals surface area contributed by atoms with E-state index in [0.717, 1.165) is 10.6 Å². The minimum absolute atomic E-state index is 0.0336. The van der Waals surface area contributed by atoms with E-state index in [-0.39, 0.29) is 36.6 Å². The van der Waals surface area contributed by atoms with E-state index in [4.69, 9.17) is 16.3 Å². The first kappa shape index (κ1) is 27.5. The molecule has 0 spiro atoms. The number of alkyl halides is 3. The van der Waals surface area contributed by atoms with Gasteiger partial charge in [0.05, 0.1) is 32.2 Å². The summed E-state index contributed by atoms with van der Waals surface area (Å²) in [5, 5.41) is 21.5. The highest BCUT2D eigenvalue weighted by molar-refractivity contribution is 9.10. The molecule has 0 saturated carbocycles. The second-order valence-electron chi connectivity index (χ2n) is 7.74. The summed E-state index contributed by atoms with van der Waals surface area (Å²) in [5.41, 5.74) is -3.58. The zero-order valence-corrected chi connectivity index (χ0v) is 22.1. The molecular formula is C23H14BrClF3N3O6S. The number of halogens is 5. The number of hydrogen-bond donors (Lipinski definition) is 1. The summed E-state index contributed by atoms with van der Waals surface area (Å²) in [4.78, 5) is 40.1. The van der Waals surface area contributed by atoms with Gasteiger partial charge in [-0.3, -0.25) is 19.5 Å². The summed E-state index contributed by atoms with van der Waals surface area (Å²) >= 11 is 9.54. The molecule has 9 nitrogen and oxygen atoms in total. The number of hydrogen-bond acceptors (Lipinski definition) is 8. The predicted molar refractivity (Wildman–Crippen MR) is 135 cm³/mol. The molecule has 2 heterocycles. The monoisotopic (exact) mass is 631 g/mol. The van der Waals surface area contributed by atoms with Gasteiger partial charge in [-0.1, -0.05) is 35.1 Å². The lowest BCUT2D eigenvalue weighted by Gasteiger charge is -2.26. The molecule has 0 bridgehead atoms. The van der Waals surface area contributed by atoms with Crippen LogP contribution in [0.5, 0.6) is 5.75 Å². The van der Waals surface area contributed by atoms with Crippen molar-refractivity contribution in [3.8, 4) is 5.75 Å². The number of nitro groups is 1. The van der Waals surface area contributed by atoms with Crippen molar-refractivity contribution >= 4 is 56.6 Å². The van der Waals surface area contributed by atoms with Gasteiger partial charge in [-0.05, 0) is 58.3 Å². The van der Waals surface area contributed by atoms with E-state index >= 15 is 0 Å². The molecule has 1 atom stereocenters. The smallest absolute Gasteiger partial charge is 0.434 e. The summed E-state index contributed by atoms with van der Waals surface area (Å²) < 4.78 is 48.1. The first-order valence-corrected chi connectivity index (χ1v) is 12.5. The number of fused-ring (bicyclic) bond motifs is 1. The number of nitrogens with zero attached hydrogens (tertiary/aromatic N) is 3. The maximum atomic E-state index is 14.1. The molecule has 3 aromatic rings. The summed E-state index contributed by atoms with van der Waals surface area (Å²) in [6.45, 7) is 1.20. The van der Waals surface area contributed by atoms with Crippen molar-refractivity contribution in [1.29, 1.82) is 0 Å². The Morgan fingerprint density at radius 3 is 2.58 bits per heavy atom. The Hall–Kier alpha value is -3.49. The molecule has 15 heteroatoms. The van der Waals surface area contributed by atoms with Gasteiger partial charge in [0, 0.05) is 11.1 Å². The molecule has 0 saturated heterocycles. The molecule has 1 N–H and O–H groups in total. The predicted octanol–water partition coefficient (Wildman–Crippen LogP) is 4.37. The molecule has 1 aliphatic heterocycles. The Morgan fingerprint density at radius 2 is 2.00 bits per heavy atom. The molecule has 1 aliphatic rings. The number of nitro benzene ring substituents is 1. The van der Waals surface area contributed by atoms with Gasteiger partial charge >= 0.3 is 17.8 Å². The molecular weight excluding hydrogens is 619 g/mol. The summed E-state index contributed by atoms with van der Waals surface area (Å²) in [6, 6.07) is 6.29. The Bertz CT molecular complexity index is 1680. The van der Waals surface area contributed by atoms with Crippen molar-refractivity contribution in [3.63, 3.8) is 0 Å². The fraction of sp³-hybridized carbons (Fsp3) is 0.174. The normalized spacial score (nSPS) is 15.7. The van der Waals surface area contributed by atoms with Crippen LogP contribution in [-0.4, -0.2) is 33.3 Å². The standard InChI is InChI=1S/C23H14BrClF3N3O6S/c1-2-37-21(34)16-17(11-3-5-12(25)6-4-11)30-20(33)15(38-22(30)29-19(16)23(26,27)28)9-10-7-13(24)18(32)14(8-10)31(35)36/h3-9,17,32H,2H2,1H3/b15-9-/t17-/m1/s1. The SMILES string of the molecule is CCOC(=O)C1=C(C(F)(F)F)N=c2s/c(=C\c3cc(Br)c(O)c([N+](=O)[O-])c3)c(=O)n2[C@@H]1c1ccc(Cl)cc1. The van der Waals surface area contributed by atoms with Crippen LogP contribution in [0.15, 0.2) is 61.9 Å². The Morgan fingerprint density at radius 1 is 1.34 bits per heavy atom. The van der Waals surface area contributed by atoms with Crippen LogP contribution in [0.25, 0.3) is 6.08 Å². The van der Waals surface area contributed by atoms with E-state index in [1.807, 2.05) is 0 Å². The third kappa shape index (κ3) is 5.11. The molecule has 0 unspecified atom stereocenters. The Kier molecular flexibility index (Phi) is 7.50. The molecule has 198 valence electrons. The van der Waals surface area contributed by atoms with Gasteiger partial charge in [-0.25, -0.2) is 9.79 Å². The van der Waals surface area contributed by atoms with Gasteiger partial charge in [-0.15, -0.1) is 0 Å². The average Bonchev–Trinajstić information content (AvgIpc) is 3.15. The zero-order valence-electron chi connectivity index (χ0n) is 19.0. The second kappa shape index (κ2) is 10.3. The summed E-state index contributed by atoms with van der Waals surface area (Å²) in [5.74, 6) is -1.93. The van der Waals surface area contributed by atoms with E-state index in [1.54, 1.807) is 0 Å².